The molecule has 1 aliphatic heterocycles. The molecular weight excluding hydrogens is 249 g/mol. The Balaban J connectivity index is 1.90. The highest BCUT2D eigenvalue weighted by atomic mass is 35.5. The molecule has 0 saturated carbocycles. The molecule has 1 aliphatic rings. The zero-order valence-corrected chi connectivity index (χ0v) is 10.3. The summed E-state index contributed by atoms with van der Waals surface area (Å²) in [6, 6.07) is 3.40. The summed E-state index contributed by atoms with van der Waals surface area (Å²) in [5.41, 5.74) is 0.695. The summed E-state index contributed by atoms with van der Waals surface area (Å²) in [7, 11) is 0. The van der Waals surface area contributed by atoms with Crippen molar-refractivity contribution >= 4 is 23.2 Å². The molecule has 3 nitrogen and oxygen atoms in total. The second-order valence-electron chi connectivity index (χ2n) is 3.69. The third-order valence-electron chi connectivity index (χ3n) is 2.51. The van der Waals surface area contributed by atoms with Gasteiger partial charge in [0.1, 0.15) is 5.15 Å². The third kappa shape index (κ3) is 3.32. The van der Waals surface area contributed by atoms with Crippen molar-refractivity contribution in [3.8, 4) is 0 Å². The quantitative estimate of drug-likeness (QED) is 0.784. The molecule has 1 aromatic rings. The summed E-state index contributed by atoms with van der Waals surface area (Å²) in [6.45, 7) is 1.94. The summed E-state index contributed by atoms with van der Waals surface area (Å²) in [5.74, 6) is 0. The maximum absolute atomic E-state index is 5.99. The fraction of sp³-hybridized carbons (Fsp3) is 0.545. The summed E-state index contributed by atoms with van der Waals surface area (Å²) < 4.78 is 11.0. The van der Waals surface area contributed by atoms with Gasteiger partial charge in [-0.1, -0.05) is 23.2 Å². The summed E-state index contributed by atoms with van der Waals surface area (Å²) >= 11 is 11.8. The summed E-state index contributed by atoms with van der Waals surface area (Å²) in [5, 5.41) is 1.03. The molecule has 0 atom stereocenters. The molecule has 0 aromatic carbocycles. The molecule has 16 heavy (non-hydrogen) atoms. The number of rotatable bonds is 3. The van der Waals surface area contributed by atoms with Gasteiger partial charge in [0.05, 0.1) is 23.4 Å². The standard InChI is InChI=1S/C11H13Cl2NO2/c12-9-1-2-11(13)14-10(9)7-16-8-3-5-15-6-4-8/h1-2,8H,3-7H2. The smallest absolute Gasteiger partial charge is 0.129 e. The molecule has 88 valence electrons. The maximum atomic E-state index is 5.99. The van der Waals surface area contributed by atoms with E-state index in [1.807, 2.05) is 0 Å². The second-order valence-corrected chi connectivity index (χ2v) is 4.48. The lowest BCUT2D eigenvalue weighted by Crippen LogP contribution is -2.23. The van der Waals surface area contributed by atoms with Crippen molar-refractivity contribution in [2.75, 3.05) is 13.2 Å². The first-order valence-corrected chi connectivity index (χ1v) is 6.01. The Kier molecular flexibility index (Phi) is 4.41. The van der Waals surface area contributed by atoms with E-state index in [1.165, 1.54) is 0 Å². The van der Waals surface area contributed by atoms with Gasteiger partial charge in [-0.15, -0.1) is 0 Å². The SMILES string of the molecule is Clc1ccc(Cl)c(COC2CCOCC2)n1. The van der Waals surface area contributed by atoms with Crippen LogP contribution < -0.4 is 0 Å². The zero-order chi connectivity index (χ0) is 11.4. The normalized spacial score (nSPS) is 17.6. The van der Waals surface area contributed by atoms with Crippen molar-refractivity contribution < 1.29 is 9.47 Å². The summed E-state index contributed by atoms with van der Waals surface area (Å²) in [6.07, 6.45) is 2.10. The molecule has 0 N–H and O–H groups in total. The Labute approximate surface area is 105 Å². The number of hydrogen-bond donors (Lipinski definition) is 0. The van der Waals surface area contributed by atoms with E-state index in [1.54, 1.807) is 12.1 Å². The first-order chi connectivity index (χ1) is 7.75. The molecule has 5 heteroatoms. The van der Waals surface area contributed by atoms with Crippen LogP contribution in [0.3, 0.4) is 0 Å². The van der Waals surface area contributed by atoms with Crippen molar-refractivity contribution in [3.05, 3.63) is 28.0 Å². The van der Waals surface area contributed by atoms with E-state index in [-0.39, 0.29) is 6.10 Å². The Morgan fingerprint density at radius 3 is 2.81 bits per heavy atom. The molecular formula is C11H13Cl2NO2. The van der Waals surface area contributed by atoms with Gasteiger partial charge in [-0.25, -0.2) is 4.98 Å². The largest absolute Gasteiger partial charge is 0.381 e. The van der Waals surface area contributed by atoms with Gasteiger partial charge < -0.3 is 9.47 Å². The van der Waals surface area contributed by atoms with Gasteiger partial charge in [-0.3, -0.25) is 0 Å². The van der Waals surface area contributed by atoms with E-state index in [4.69, 9.17) is 32.7 Å². The lowest BCUT2D eigenvalue weighted by atomic mass is 10.1. The van der Waals surface area contributed by atoms with E-state index >= 15 is 0 Å². The van der Waals surface area contributed by atoms with Crippen molar-refractivity contribution in [3.63, 3.8) is 0 Å². The average Bonchev–Trinajstić information content (AvgIpc) is 2.32. The van der Waals surface area contributed by atoms with Gasteiger partial charge >= 0.3 is 0 Å². The van der Waals surface area contributed by atoms with Crippen molar-refractivity contribution in [2.24, 2.45) is 0 Å². The van der Waals surface area contributed by atoms with Crippen molar-refractivity contribution in [1.29, 1.82) is 0 Å². The minimum absolute atomic E-state index is 0.241. The molecule has 0 unspecified atom stereocenters. The van der Waals surface area contributed by atoms with Crippen LogP contribution in [0.4, 0.5) is 0 Å². The Morgan fingerprint density at radius 1 is 1.31 bits per heavy atom. The zero-order valence-electron chi connectivity index (χ0n) is 8.79. The Hall–Kier alpha value is -0.350. The molecule has 1 fully saturated rings. The van der Waals surface area contributed by atoms with Crippen LogP contribution >= 0.6 is 23.2 Å². The summed E-state index contributed by atoms with van der Waals surface area (Å²) in [4.78, 5) is 4.13. The van der Waals surface area contributed by atoms with Crippen LogP contribution in [-0.2, 0) is 16.1 Å². The van der Waals surface area contributed by atoms with Gasteiger partial charge in [0.25, 0.3) is 0 Å². The van der Waals surface area contributed by atoms with Gasteiger partial charge in [-0.2, -0.15) is 0 Å². The van der Waals surface area contributed by atoms with Crippen LogP contribution in [0.15, 0.2) is 12.1 Å². The second kappa shape index (κ2) is 5.82. The van der Waals surface area contributed by atoms with Crippen LogP contribution in [0.1, 0.15) is 18.5 Å². The minimum atomic E-state index is 0.241. The van der Waals surface area contributed by atoms with E-state index in [0.29, 0.717) is 22.5 Å². The van der Waals surface area contributed by atoms with E-state index < -0.39 is 0 Å². The molecule has 0 spiro atoms. The monoisotopic (exact) mass is 261 g/mol. The number of halogens is 2. The predicted molar refractivity (Wildman–Crippen MR) is 62.9 cm³/mol. The molecule has 0 radical (unpaired) electrons. The van der Waals surface area contributed by atoms with E-state index in [9.17, 15) is 0 Å². The maximum Gasteiger partial charge on any atom is 0.129 e. The average molecular weight is 262 g/mol. The lowest BCUT2D eigenvalue weighted by Gasteiger charge is -2.22. The van der Waals surface area contributed by atoms with Gasteiger partial charge in [-0.05, 0) is 25.0 Å². The Bertz CT molecular complexity index is 354. The van der Waals surface area contributed by atoms with Crippen LogP contribution in [0, 0.1) is 0 Å². The third-order valence-corrected chi connectivity index (χ3v) is 3.06. The molecule has 1 saturated heterocycles. The van der Waals surface area contributed by atoms with Crippen molar-refractivity contribution in [2.45, 2.75) is 25.6 Å². The topological polar surface area (TPSA) is 31.4 Å². The first kappa shape index (κ1) is 12.1. The fourth-order valence-electron chi connectivity index (χ4n) is 1.60. The number of aromatic nitrogens is 1. The van der Waals surface area contributed by atoms with Crippen molar-refractivity contribution in [1.82, 2.24) is 4.98 Å². The molecule has 0 bridgehead atoms. The highest BCUT2D eigenvalue weighted by molar-refractivity contribution is 6.32. The molecule has 0 amide bonds. The molecule has 0 aliphatic carbocycles. The molecule has 2 rings (SSSR count). The number of pyridine rings is 1. The molecule has 2 heterocycles. The van der Waals surface area contributed by atoms with Gasteiger partial charge in [0.2, 0.25) is 0 Å². The lowest BCUT2D eigenvalue weighted by molar-refractivity contribution is -0.0399. The number of hydrogen-bond acceptors (Lipinski definition) is 3. The number of nitrogens with zero attached hydrogens (tertiary/aromatic N) is 1. The highest BCUT2D eigenvalue weighted by Crippen LogP contribution is 2.19. The van der Waals surface area contributed by atoms with Crippen LogP contribution in [0.2, 0.25) is 10.2 Å². The van der Waals surface area contributed by atoms with E-state index in [0.717, 1.165) is 26.1 Å². The predicted octanol–water partition coefficient (Wildman–Crippen LogP) is 3.08. The van der Waals surface area contributed by atoms with Crippen LogP contribution in [-0.4, -0.2) is 24.3 Å². The van der Waals surface area contributed by atoms with Crippen LogP contribution in [0.5, 0.6) is 0 Å². The minimum Gasteiger partial charge on any atom is -0.381 e. The van der Waals surface area contributed by atoms with Gasteiger partial charge in [0.15, 0.2) is 0 Å². The first-order valence-electron chi connectivity index (χ1n) is 5.26. The van der Waals surface area contributed by atoms with Crippen LogP contribution in [0.25, 0.3) is 0 Å². The highest BCUT2D eigenvalue weighted by Gasteiger charge is 2.15. The Morgan fingerprint density at radius 2 is 2.06 bits per heavy atom. The van der Waals surface area contributed by atoms with Gasteiger partial charge in [0, 0.05) is 13.2 Å². The molecule has 1 aromatic heterocycles. The van der Waals surface area contributed by atoms with E-state index in [2.05, 4.69) is 4.98 Å². The fourth-order valence-corrected chi connectivity index (χ4v) is 1.92. The number of ether oxygens (including phenoxy) is 2.